The summed E-state index contributed by atoms with van der Waals surface area (Å²) in [5, 5.41) is 7.67. The van der Waals surface area contributed by atoms with Crippen molar-refractivity contribution < 1.29 is 9.18 Å². The number of amides is 1. The van der Waals surface area contributed by atoms with Crippen molar-refractivity contribution in [2.24, 2.45) is 0 Å². The molecule has 1 fully saturated rings. The summed E-state index contributed by atoms with van der Waals surface area (Å²) in [7, 11) is 2.14. The number of carbonyl (C=O) groups excluding carboxylic acids is 1. The molecule has 0 bridgehead atoms. The number of rotatable bonds is 4. The first kappa shape index (κ1) is 20.7. The highest BCUT2D eigenvalue weighted by molar-refractivity contribution is 6.04. The van der Waals surface area contributed by atoms with Gasteiger partial charge in [0.15, 0.2) is 5.69 Å². The van der Waals surface area contributed by atoms with Crippen molar-refractivity contribution in [3.8, 4) is 5.69 Å². The third-order valence-corrected chi connectivity index (χ3v) is 6.46. The lowest BCUT2D eigenvalue weighted by atomic mass is 9.95. The molecule has 2 aliphatic rings. The second-order valence-electron chi connectivity index (χ2n) is 8.66. The largest absolute Gasteiger partial charge is 0.369 e. The summed E-state index contributed by atoms with van der Waals surface area (Å²) >= 11 is 0. The van der Waals surface area contributed by atoms with Crippen molar-refractivity contribution in [3.05, 3.63) is 71.3 Å². The van der Waals surface area contributed by atoms with Gasteiger partial charge in [-0.1, -0.05) is 0 Å². The number of nitrogens with one attached hydrogen (secondary N) is 1. The van der Waals surface area contributed by atoms with Gasteiger partial charge in [0.25, 0.3) is 5.91 Å². The minimum atomic E-state index is -0.284. The molecule has 0 spiro atoms. The molecule has 1 N–H and O–H groups in total. The van der Waals surface area contributed by atoms with Gasteiger partial charge in [-0.3, -0.25) is 4.79 Å². The predicted octanol–water partition coefficient (Wildman–Crippen LogP) is 3.89. The summed E-state index contributed by atoms with van der Waals surface area (Å²) < 4.78 is 15.2. The number of hydrogen-bond acceptors (Lipinski definition) is 4. The lowest BCUT2D eigenvalue weighted by Crippen LogP contribution is -2.44. The Labute approximate surface area is 187 Å². The van der Waals surface area contributed by atoms with Crippen LogP contribution in [-0.2, 0) is 12.8 Å². The molecule has 1 amide bonds. The Balaban J connectivity index is 1.36. The van der Waals surface area contributed by atoms with Gasteiger partial charge in [0.05, 0.1) is 5.69 Å². The van der Waals surface area contributed by atoms with Gasteiger partial charge in [-0.05, 0) is 81.3 Å². The molecule has 6 nitrogen and oxygen atoms in total. The van der Waals surface area contributed by atoms with E-state index >= 15 is 0 Å². The molecule has 0 unspecified atom stereocenters. The lowest BCUT2D eigenvalue weighted by Gasteiger charge is -2.34. The molecule has 7 heteroatoms. The molecule has 2 aromatic carbocycles. The highest BCUT2D eigenvalue weighted by Crippen LogP contribution is 2.28. The number of fused-ring (bicyclic) bond motifs is 1. The molecular weight excluding hydrogens is 405 g/mol. The molecule has 166 valence electrons. The van der Waals surface area contributed by atoms with Gasteiger partial charge in [-0.25, -0.2) is 9.07 Å². The molecule has 0 saturated carbocycles. The Bertz CT molecular complexity index is 1100. The van der Waals surface area contributed by atoms with Gasteiger partial charge >= 0.3 is 0 Å². The van der Waals surface area contributed by atoms with Gasteiger partial charge < -0.3 is 15.1 Å². The summed E-state index contributed by atoms with van der Waals surface area (Å²) in [6.07, 6.45) is 3.81. The highest BCUT2D eigenvalue weighted by atomic mass is 19.1. The molecule has 1 aromatic heterocycles. The van der Waals surface area contributed by atoms with Crippen LogP contribution in [0.25, 0.3) is 5.69 Å². The van der Waals surface area contributed by atoms with E-state index in [1.54, 1.807) is 16.8 Å². The average molecular weight is 434 g/mol. The van der Waals surface area contributed by atoms with Gasteiger partial charge in [0.2, 0.25) is 0 Å². The minimum Gasteiger partial charge on any atom is -0.369 e. The summed E-state index contributed by atoms with van der Waals surface area (Å²) in [4.78, 5) is 17.8. The Morgan fingerprint density at radius 3 is 2.28 bits per heavy atom. The average Bonchev–Trinajstić information content (AvgIpc) is 3.21. The first-order valence-corrected chi connectivity index (χ1v) is 11.3. The Morgan fingerprint density at radius 2 is 1.56 bits per heavy atom. The molecule has 2 heterocycles. The van der Waals surface area contributed by atoms with Crippen molar-refractivity contribution in [1.29, 1.82) is 0 Å². The van der Waals surface area contributed by atoms with Crippen molar-refractivity contribution in [2.75, 3.05) is 43.4 Å². The fourth-order valence-corrected chi connectivity index (χ4v) is 4.59. The van der Waals surface area contributed by atoms with Crippen LogP contribution in [0, 0.1) is 5.82 Å². The number of anilines is 2. The smallest absolute Gasteiger partial charge is 0.276 e. The monoisotopic (exact) mass is 433 g/mol. The van der Waals surface area contributed by atoms with Crippen molar-refractivity contribution in [1.82, 2.24) is 14.7 Å². The highest BCUT2D eigenvalue weighted by Gasteiger charge is 2.26. The molecule has 1 aliphatic carbocycles. The number of halogens is 1. The van der Waals surface area contributed by atoms with Crippen LogP contribution < -0.4 is 10.2 Å². The van der Waals surface area contributed by atoms with Gasteiger partial charge in [-0.15, -0.1) is 0 Å². The maximum atomic E-state index is 13.4. The lowest BCUT2D eigenvalue weighted by molar-refractivity contribution is 0.102. The Hall–Kier alpha value is -3.19. The zero-order valence-corrected chi connectivity index (χ0v) is 18.4. The number of hydrogen-bond donors (Lipinski definition) is 1. The fourth-order valence-electron chi connectivity index (χ4n) is 4.59. The molecule has 1 saturated heterocycles. The number of piperazine rings is 1. The second-order valence-corrected chi connectivity index (χ2v) is 8.66. The van der Waals surface area contributed by atoms with Crippen LogP contribution in [0.2, 0.25) is 0 Å². The van der Waals surface area contributed by atoms with E-state index < -0.39 is 0 Å². The fraction of sp³-hybridized carbons (Fsp3) is 0.360. The van der Waals surface area contributed by atoms with Gasteiger partial charge in [-0.2, -0.15) is 5.10 Å². The van der Waals surface area contributed by atoms with Crippen LogP contribution in [0.3, 0.4) is 0 Å². The summed E-state index contributed by atoms with van der Waals surface area (Å²) in [5.74, 6) is -0.482. The zero-order valence-electron chi connectivity index (χ0n) is 18.4. The number of likely N-dealkylation sites (N-methyl/N-ethyl adjacent to an activating group) is 1. The first-order valence-electron chi connectivity index (χ1n) is 11.3. The van der Waals surface area contributed by atoms with E-state index in [0.29, 0.717) is 5.69 Å². The van der Waals surface area contributed by atoms with Crippen molar-refractivity contribution in [2.45, 2.75) is 25.7 Å². The van der Waals surface area contributed by atoms with E-state index in [0.717, 1.165) is 74.5 Å². The van der Waals surface area contributed by atoms with E-state index in [2.05, 4.69) is 39.4 Å². The summed E-state index contributed by atoms with van der Waals surface area (Å²) in [6, 6.07) is 14.3. The normalized spacial score (nSPS) is 16.6. The Morgan fingerprint density at radius 1 is 0.906 bits per heavy atom. The van der Waals surface area contributed by atoms with Crippen molar-refractivity contribution in [3.63, 3.8) is 0 Å². The SMILES string of the molecule is CN1CCN(c2ccc(NC(=O)c3nn(-c4ccc(F)cc4)c4c3CCCC4)cc2)CC1. The van der Waals surface area contributed by atoms with E-state index in [-0.39, 0.29) is 11.7 Å². The standard InChI is InChI=1S/C25H28FN5O/c1-29-14-16-30(17-15-29)20-12-8-19(9-13-20)27-25(32)24-22-4-2-3-5-23(22)31(28-24)21-10-6-18(26)7-11-21/h6-13H,2-5,14-17H2,1H3,(H,27,32). The number of aromatic nitrogens is 2. The number of carbonyl (C=O) groups is 1. The maximum absolute atomic E-state index is 13.4. The maximum Gasteiger partial charge on any atom is 0.276 e. The Kier molecular flexibility index (Phi) is 5.66. The van der Waals surface area contributed by atoms with Crippen LogP contribution in [0.5, 0.6) is 0 Å². The molecular formula is C25H28FN5O. The van der Waals surface area contributed by atoms with Crippen LogP contribution in [0.1, 0.15) is 34.6 Å². The van der Waals surface area contributed by atoms with Gasteiger partial charge in [0.1, 0.15) is 5.82 Å². The van der Waals surface area contributed by atoms with E-state index in [9.17, 15) is 9.18 Å². The first-order chi connectivity index (χ1) is 15.6. The van der Waals surface area contributed by atoms with Gasteiger partial charge in [0, 0.05) is 48.8 Å². The predicted molar refractivity (Wildman–Crippen MR) is 124 cm³/mol. The third kappa shape index (κ3) is 4.12. The van der Waals surface area contributed by atoms with E-state index in [1.165, 1.54) is 17.8 Å². The molecule has 3 aromatic rings. The topological polar surface area (TPSA) is 53.4 Å². The van der Waals surface area contributed by atoms with E-state index in [4.69, 9.17) is 0 Å². The summed E-state index contributed by atoms with van der Waals surface area (Å²) in [5.41, 5.74) is 5.24. The second kappa shape index (κ2) is 8.74. The van der Waals surface area contributed by atoms with Crippen LogP contribution in [-0.4, -0.2) is 53.8 Å². The molecule has 1 aliphatic heterocycles. The molecule has 32 heavy (non-hydrogen) atoms. The zero-order chi connectivity index (χ0) is 22.1. The summed E-state index contributed by atoms with van der Waals surface area (Å²) in [6.45, 7) is 4.13. The number of nitrogens with zero attached hydrogens (tertiary/aromatic N) is 4. The van der Waals surface area contributed by atoms with Crippen LogP contribution >= 0.6 is 0 Å². The molecule has 0 radical (unpaired) electrons. The third-order valence-electron chi connectivity index (χ3n) is 6.46. The minimum absolute atomic E-state index is 0.198. The van der Waals surface area contributed by atoms with Crippen LogP contribution in [0.4, 0.5) is 15.8 Å². The van der Waals surface area contributed by atoms with E-state index in [1.807, 2.05) is 12.1 Å². The van der Waals surface area contributed by atoms with Crippen LogP contribution in [0.15, 0.2) is 48.5 Å². The van der Waals surface area contributed by atoms with Crippen molar-refractivity contribution >= 4 is 17.3 Å². The number of benzene rings is 2. The molecule has 5 rings (SSSR count). The molecule has 0 atom stereocenters. The quantitative estimate of drug-likeness (QED) is 0.678.